The van der Waals surface area contributed by atoms with E-state index < -0.39 is 0 Å². The lowest BCUT2D eigenvalue weighted by Gasteiger charge is -2.39. The van der Waals surface area contributed by atoms with E-state index in [1.807, 2.05) is 6.07 Å². The van der Waals surface area contributed by atoms with Gasteiger partial charge in [-0.25, -0.2) is 0 Å². The van der Waals surface area contributed by atoms with Gasteiger partial charge in [-0.15, -0.1) is 0 Å². The Balaban J connectivity index is 2.37. The van der Waals surface area contributed by atoms with Crippen LogP contribution in [0, 0.1) is 11.3 Å². The van der Waals surface area contributed by atoms with E-state index in [1.165, 1.54) is 24.8 Å². The molecule has 1 aromatic rings. The first kappa shape index (κ1) is 15.7. The Morgan fingerprint density at radius 2 is 1.90 bits per heavy atom. The molecule has 1 saturated carbocycles. The number of benzene rings is 1. The maximum Gasteiger partial charge on any atom is 0.137 e. The maximum absolute atomic E-state index is 10.1. The van der Waals surface area contributed by atoms with Crippen LogP contribution in [-0.2, 0) is 0 Å². The summed E-state index contributed by atoms with van der Waals surface area (Å²) in [7, 11) is 0. The third kappa shape index (κ3) is 3.31. The third-order valence-corrected chi connectivity index (χ3v) is 4.88. The zero-order chi connectivity index (χ0) is 15.1. The van der Waals surface area contributed by atoms with Gasteiger partial charge in [0.05, 0.1) is 5.02 Å². The minimum atomic E-state index is 0.258. The van der Waals surface area contributed by atoms with Gasteiger partial charge in [0.25, 0.3) is 0 Å². The van der Waals surface area contributed by atoms with Crippen molar-refractivity contribution < 1.29 is 5.11 Å². The molecule has 0 radical (unpaired) electrons. The van der Waals surface area contributed by atoms with E-state index in [1.54, 1.807) is 0 Å². The summed E-state index contributed by atoms with van der Waals surface area (Å²) in [4.78, 5) is 0. The monoisotopic (exact) mass is 294 g/mol. The second-order valence-electron chi connectivity index (χ2n) is 7.71. The fourth-order valence-corrected chi connectivity index (χ4v) is 4.15. The van der Waals surface area contributed by atoms with E-state index >= 15 is 0 Å². The molecule has 20 heavy (non-hydrogen) atoms. The van der Waals surface area contributed by atoms with Crippen LogP contribution in [0.4, 0.5) is 0 Å². The molecular weight excluding hydrogens is 268 g/mol. The van der Waals surface area contributed by atoms with Gasteiger partial charge in [-0.2, -0.15) is 0 Å². The van der Waals surface area contributed by atoms with Crippen molar-refractivity contribution in [2.24, 2.45) is 11.3 Å². The molecule has 0 aromatic heterocycles. The van der Waals surface area contributed by atoms with Gasteiger partial charge in [0.15, 0.2) is 0 Å². The van der Waals surface area contributed by atoms with Crippen LogP contribution in [0.2, 0.25) is 5.02 Å². The van der Waals surface area contributed by atoms with Crippen LogP contribution in [0.5, 0.6) is 5.75 Å². The van der Waals surface area contributed by atoms with Gasteiger partial charge in [0.2, 0.25) is 0 Å². The molecule has 1 aromatic carbocycles. The van der Waals surface area contributed by atoms with Crippen molar-refractivity contribution in [3.63, 3.8) is 0 Å². The topological polar surface area (TPSA) is 20.2 Å². The van der Waals surface area contributed by atoms with Crippen LogP contribution in [-0.4, -0.2) is 5.11 Å². The Morgan fingerprint density at radius 3 is 2.45 bits per heavy atom. The Morgan fingerprint density at radius 1 is 1.25 bits per heavy atom. The van der Waals surface area contributed by atoms with Gasteiger partial charge in [-0.3, -0.25) is 0 Å². The van der Waals surface area contributed by atoms with Gasteiger partial charge in [-0.1, -0.05) is 52.3 Å². The predicted octanol–water partition coefficient (Wildman–Crippen LogP) is 6.10. The van der Waals surface area contributed by atoms with Gasteiger partial charge in [0, 0.05) is 0 Å². The minimum Gasteiger partial charge on any atom is -0.506 e. The average Bonchev–Trinajstić information content (AvgIpc) is 2.29. The maximum atomic E-state index is 10.1. The Kier molecular flexibility index (Phi) is 4.39. The second kappa shape index (κ2) is 5.60. The number of phenolic OH excluding ortho intramolecular Hbond substituents is 1. The number of phenols is 1. The summed E-state index contributed by atoms with van der Waals surface area (Å²) in [5.41, 5.74) is 2.67. The molecule has 2 atom stereocenters. The van der Waals surface area contributed by atoms with Gasteiger partial charge >= 0.3 is 0 Å². The third-order valence-electron chi connectivity index (χ3n) is 4.60. The predicted molar refractivity (Wildman–Crippen MR) is 86.7 cm³/mol. The molecular formula is C18H27ClO. The SMILES string of the molecule is CC1C[C@H](c2cc(Cl)c(O)c(C(C)C)c2)CC(C)(C)C1. The highest BCUT2D eigenvalue weighted by Crippen LogP contribution is 2.47. The molecule has 1 aliphatic carbocycles. The molecule has 1 fully saturated rings. The van der Waals surface area contributed by atoms with Gasteiger partial charge < -0.3 is 5.11 Å². The number of rotatable bonds is 2. The zero-order valence-corrected chi connectivity index (χ0v) is 14.1. The summed E-state index contributed by atoms with van der Waals surface area (Å²) in [6, 6.07) is 4.15. The molecule has 0 aliphatic heterocycles. The van der Waals surface area contributed by atoms with Crippen molar-refractivity contribution in [3.8, 4) is 5.75 Å². The van der Waals surface area contributed by atoms with Crippen LogP contribution in [0.3, 0.4) is 0 Å². The van der Waals surface area contributed by atoms with E-state index in [9.17, 15) is 5.11 Å². The van der Waals surface area contributed by atoms with Crippen LogP contribution in [0.25, 0.3) is 0 Å². The molecule has 112 valence electrons. The molecule has 1 nitrogen and oxygen atoms in total. The molecule has 0 heterocycles. The highest BCUT2D eigenvalue weighted by Gasteiger charge is 2.33. The number of hydrogen-bond acceptors (Lipinski definition) is 1. The van der Waals surface area contributed by atoms with Crippen LogP contribution in [0.15, 0.2) is 12.1 Å². The second-order valence-corrected chi connectivity index (χ2v) is 8.11. The van der Waals surface area contributed by atoms with E-state index in [-0.39, 0.29) is 5.75 Å². The molecule has 1 aliphatic rings. The van der Waals surface area contributed by atoms with Crippen molar-refractivity contribution >= 4 is 11.6 Å². The lowest BCUT2D eigenvalue weighted by molar-refractivity contribution is 0.168. The molecule has 0 spiro atoms. The fraction of sp³-hybridized carbons (Fsp3) is 0.667. The quantitative estimate of drug-likeness (QED) is 0.699. The van der Waals surface area contributed by atoms with Crippen LogP contribution >= 0.6 is 11.6 Å². The van der Waals surface area contributed by atoms with E-state index in [2.05, 4.69) is 40.7 Å². The largest absolute Gasteiger partial charge is 0.506 e. The highest BCUT2D eigenvalue weighted by atomic mass is 35.5. The molecule has 0 amide bonds. The summed E-state index contributed by atoms with van der Waals surface area (Å²) in [6.45, 7) is 11.3. The number of halogens is 1. The average molecular weight is 295 g/mol. The highest BCUT2D eigenvalue weighted by molar-refractivity contribution is 6.32. The first-order valence-corrected chi connectivity index (χ1v) is 8.09. The van der Waals surface area contributed by atoms with E-state index in [0.29, 0.717) is 22.3 Å². The first-order valence-electron chi connectivity index (χ1n) is 7.72. The summed E-state index contributed by atoms with van der Waals surface area (Å²) in [5.74, 6) is 1.86. The van der Waals surface area contributed by atoms with Crippen molar-refractivity contribution in [1.82, 2.24) is 0 Å². The zero-order valence-electron chi connectivity index (χ0n) is 13.3. The minimum absolute atomic E-state index is 0.258. The van der Waals surface area contributed by atoms with Gasteiger partial charge in [-0.05, 0) is 59.6 Å². The first-order chi connectivity index (χ1) is 9.19. The Bertz CT molecular complexity index is 490. The summed E-state index contributed by atoms with van der Waals surface area (Å²) in [5, 5.41) is 10.6. The smallest absolute Gasteiger partial charge is 0.137 e. The van der Waals surface area contributed by atoms with E-state index in [4.69, 9.17) is 11.6 Å². The number of hydrogen-bond donors (Lipinski definition) is 1. The van der Waals surface area contributed by atoms with E-state index in [0.717, 1.165) is 11.5 Å². The summed E-state index contributed by atoms with van der Waals surface area (Å²) in [6.07, 6.45) is 3.73. The van der Waals surface area contributed by atoms with Crippen molar-refractivity contribution in [2.75, 3.05) is 0 Å². The van der Waals surface area contributed by atoms with Crippen molar-refractivity contribution in [1.29, 1.82) is 0 Å². The van der Waals surface area contributed by atoms with Crippen LogP contribution < -0.4 is 0 Å². The summed E-state index contributed by atoms with van der Waals surface area (Å²) < 4.78 is 0. The molecule has 2 heteroatoms. The Hall–Kier alpha value is -0.690. The lowest BCUT2D eigenvalue weighted by Crippen LogP contribution is -2.26. The molecule has 0 bridgehead atoms. The Labute approximate surface area is 128 Å². The normalized spacial score (nSPS) is 25.9. The standard InChI is InChI=1S/C18H27ClO/c1-11(2)15-7-13(8-16(19)17(15)20)14-6-12(3)9-18(4,5)10-14/h7-8,11-12,14,20H,6,9-10H2,1-5H3/t12?,14-/m0/s1. The van der Waals surface area contributed by atoms with Crippen LogP contribution in [0.1, 0.15) is 76.8 Å². The van der Waals surface area contributed by atoms with Crippen molar-refractivity contribution in [2.45, 2.75) is 65.7 Å². The van der Waals surface area contributed by atoms with Gasteiger partial charge in [0.1, 0.15) is 5.75 Å². The number of aromatic hydroxyl groups is 1. The summed E-state index contributed by atoms with van der Waals surface area (Å²) >= 11 is 6.24. The molecule has 0 saturated heterocycles. The fourth-order valence-electron chi connectivity index (χ4n) is 3.92. The molecule has 1 N–H and O–H groups in total. The lowest BCUT2D eigenvalue weighted by atomic mass is 9.66. The molecule has 1 unspecified atom stereocenters. The molecule has 2 rings (SSSR count). The van der Waals surface area contributed by atoms with Crippen molar-refractivity contribution in [3.05, 3.63) is 28.3 Å².